The second kappa shape index (κ2) is 9.10. The molecule has 0 aromatic heterocycles. The molecule has 0 unspecified atom stereocenters. The lowest BCUT2D eigenvalue weighted by molar-refractivity contribution is 0.0846. The van der Waals surface area contributed by atoms with Crippen LogP contribution in [0.4, 0.5) is 5.69 Å². The van der Waals surface area contributed by atoms with Crippen molar-refractivity contribution in [2.75, 3.05) is 4.72 Å². The number of rotatable bonds is 5. The summed E-state index contributed by atoms with van der Waals surface area (Å²) in [6.07, 6.45) is 0. The molecule has 0 atom stereocenters. The molecule has 2 amide bonds. The van der Waals surface area contributed by atoms with Gasteiger partial charge in [0.1, 0.15) is 0 Å². The van der Waals surface area contributed by atoms with Crippen molar-refractivity contribution in [3.8, 4) is 0 Å². The molecule has 3 aromatic rings. The number of sulfonamides is 1. The lowest BCUT2D eigenvalue weighted by Crippen LogP contribution is -2.41. The van der Waals surface area contributed by atoms with Gasteiger partial charge in [-0.05, 0) is 61.5 Å². The van der Waals surface area contributed by atoms with Crippen LogP contribution in [0.25, 0.3) is 0 Å². The fraction of sp³-hybridized carbons (Fsp3) is 0.0476. The molecule has 0 heterocycles. The number of hydrogen-bond donors (Lipinski definition) is 3. The van der Waals surface area contributed by atoms with Crippen molar-refractivity contribution in [1.82, 2.24) is 10.9 Å². The molecule has 0 aliphatic rings. The van der Waals surface area contributed by atoms with E-state index in [1.54, 1.807) is 48.5 Å². The molecule has 0 saturated heterocycles. The molecule has 7 nitrogen and oxygen atoms in total. The monoisotopic (exact) mass is 487 g/mol. The summed E-state index contributed by atoms with van der Waals surface area (Å²) in [4.78, 5) is 24.4. The van der Waals surface area contributed by atoms with E-state index in [-0.39, 0.29) is 10.5 Å². The van der Waals surface area contributed by atoms with E-state index in [1.807, 2.05) is 6.92 Å². The van der Waals surface area contributed by atoms with E-state index in [4.69, 9.17) is 0 Å². The Morgan fingerprint density at radius 1 is 0.800 bits per heavy atom. The molecular formula is C21H18BrN3O4S. The number of halogens is 1. The van der Waals surface area contributed by atoms with Gasteiger partial charge in [-0.15, -0.1) is 0 Å². The number of carbonyl (C=O) groups is 2. The second-order valence-corrected chi connectivity index (χ2v) is 9.01. The second-order valence-electron chi connectivity index (χ2n) is 6.41. The van der Waals surface area contributed by atoms with Crippen LogP contribution in [0.1, 0.15) is 26.3 Å². The first-order chi connectivity index (χ1) is 14.2. The minimum absolute atomic E-state index is 0.0741. The van der Waals surface area contributed by atoms with Crippen molar-refractivity contribution in [2.45, 2.75) is 11.8 Å². The van der Waals surface area contributed by atoms with Crippen LogP contribution < -0.4 is 15.6 Å². The Labute approximate surface area is 182 Å². The van der Waals surface area contributed by atoms with Crippen LogP contribution in [-0.4, -0.2) is 20.2 Å². The van der Waals surface area contributed by atoms with Crippen molar-refractivity contribution in [2.24, 2.45) is 0 Å². The summed E-state index contributed by atoms with van der Waals surface area (Å²) >= 11 is 3.28. The van der Waals surface area contributed by atoms with E-state index >= 15 is 0 Å². The van der Waals surface area contributed by atoms with Crippen molar-refractivity contribution in [1.29, 1.82) is 0 Å². The van der Waals surface area contributed by atoms with Gasteiger partial charge in [-0.3, -0.25) is 25.2 Å². The topological polar surface area (TPSA) is 104 Å². The summed E-state index contributed by atoms with van der Waals surface area (Å²) < 4.78 is 28.5. The van der Waals surface area contributed by atoms with Crippen LogP contribution in [0.2, 0.25) is 0 Å². The number of carbonyl (C=O) groups excluding carboxylic acids is 2. The van der Waals surface area contributed by atoms with Gasteiger partial charge < -0.3 is 0 Å². The maximum absolute atomic E-state index is 12.6. The number of hydrogen-bond acceptors (Lipinski definition) is 4. The molecule has 30 heavy (non-hydrogen) atoms. The maximum Gasteiger partial charge on any atom is 0.269 e. The van der Waals surface area contributed by atoms with Crippen LogP contribution in [-0.2, 0) is 10.0 Å². The quantitative estimate of drug-likeness (QED) is 0.477. The number of hydrazine groups is 1. The lowest BCUT2D eigenvalue weighted by atomic mass is 10.2. The Bertz CT molecular complexity index is 1180. The SMILES string of the molecule is Cc1ccc(NS(=O)(=O)c2cccc(C(=O)NNC(=O)c3ccc(Br)cc3)c2)cc1. The normalized spacial score (nSPS) is 10.9. The van der Waals surface area contributed by atoms with E-state index in [9.17, 15) is 18.0 Å². The first kappa shape index (κ1) is 21.5. The first-order valence-corrected chi connectivity index (χ1v) is 11.1. The molecule has 0 saturated carbocycles. The molecule has 3 rings (SSSR count). The van der Waals surface area contributed by atoms with Crippen molar-refractivity contribution < 1.29 is 18.0 Å². The molecule has 3 N–H and O–H groups in total. The maximum atomic E-state index is 12.6. The van der Waals surface area contributed by atoms with Gasteiger partial charge in [-0.1, -0.05) is 39.7 Å². The van der Waals surface area contributed by atoms with Crippen molar-refractivity contribution in [3.05, 3.63) is 94.0 Å². The van der Waals surface area contributed by atoms with Crippen LogP contribution in [0.15, 0.2) is 82.2 Å². The van der Waals surface area contributed by atoms with Crippen LogP contribution >= 0.6 is 15.9 Å². The highest BCUT2D eigenvalue weighted by Crippen LogP contribution is 2.18. The van der Waals surface area contributed by atoms with Gasteiger partial charge in [0, 0.05) is 21.3 Å². The Hall–Kier alpha value is -3.17. The van der Waals surface area contributed by atoms with Gasteiger partial charge >= 0.3 is 0 Å². The predicted molar refractivity (Wildman–Crippen MR) is 118 cm³/mol. The number of anilines is 1. The third kappa shape index (κ3) is 5.46. The minimum Gasteiger partial charge on any atom is -0.280 e. The molecule has 0 aliphatic heterocycles. The third-order valence-electron chi connectivity index (χ3n) is 4.11. The van der Waals surface area contributed by atoms with Crippen molar-refractivity contribution >= 4 is 43.5 Å². The van der Waals surface area contributed by atoms with E-state index in [0.717, 1.165) is 10.0 Å². The van der Waals surface area contributed by atoms with E-state index in [2.05, 4.69) is 31.5 Å². The van der Waals surface area contributed by atoms with Gasteiger partial charge in [0.25, 0.3) is 21.8 Å². The molecule has 0 bridgehead atoms. The Morgan fingerprint density at radius 2 is 1.40 bits per heavy atom. The average Bonchev–Trinajstić information content (AvgIpc) is 2.74. The molecule has 0 radical (unpaired) electrons. The summed E-state index contributed by atoms with van der Waals surface area (Å²) in [5, 5.41) is 0. The van der Waals surface area contributed by atoms with Crippen molar-refractivity contribution in [3.63, 3.8) is 0 Å². The third-order valence-corrected chi connectivity index (χ3v) is 6.01. The summed E-state index contributed by atoms with van der Waals surface area (Å²) in [5.41, 5.74) is 6.44. The molecule has 3 aromatic carbocycles. The van der Waals surface area contributed by atoms with E-state index < -0.39 is 21.8 Å². The smallest absolute Gasteiger partial charge is 0.269 e. The highest BCUT2D eigenvalue weighted by molar-refractivity contribution is 9.10. The number of nitrogens with one attached hydrogen (secondary N) is 3. The fourth-order valence-corrected chi connectivity index (χ4v) is 3.87. The summed E-state index contributed by atoms with van der Waals surface area (Å²) in [6, 6.07) is 19.0. The molecule has 0 aliphatic carbocycles. The van der Waals surface area contributed by atoms with Crippen LogP contribution in [0.5, 0.6) is 0 Å². The highest BCUT2D eigenvalue weighted by atomic mass is 79.9. The van der Waals surface area contributed by atoms with Gasteiger partial charge in [0.15, 0.2) is 0 Å². The van der Waals surface area contributed by atoms with E-state index in [1.165, 1.54) is 24.3 Å². The zero-order valence-corrected chi connectivity index (χ0v) is 18.2. The Balaban J connectivity index is 1.69. The van der Waals surface area contributed by atoms with Crippen LogP contribution in [0.3, 0.4) is 0 Å². The van der Waals surface area contributed by atoms with Gasteiger partial charge in [0.2, 0.25) is 0 Å². The number of amides is 2. The van der Waals surface area contributed by atoms with Gasteiger partial charge in [0.05, 0.1) is 4.90 Å². The summed E-state index contributed by atoms with van der Waals surface area (Å²) in [5.74, 6) is -1.14. The fourth-order valence-electron chi connectivity index (χ4n) is 2.50. The zero-order chi connectivity index (χ0) is 21.7. The van der Waals surface area contributed by atoms with Crippen LogP contribution in [0, 0.1) is 6.92 Å². The number of aryl methyl sites for hydroxylation is 1. The Kier molecular flexibility index (Phi) is 6.53. The van der Waals surface area contributed by atoms with Gasteiger partial charge in [-0.25, -0.2) is 8.42 Å². The number of benzene rings is 3. The standard InChI is InChI=1S/C21H18BrN3O4S/c1-14-5-11-18(12-6-14)25-30(28,29)19-4-2-3-16(13-19)21(27)24-23-20(26)15-7-9-17(22)10-8-15/h2-13,25H,1H3,(H,23,26)(H,24,27). The zero-order valence-electron chi connectivity index (χ0n) is 15.8. The van der Waals surface area contributed by atoms with Gasteiger partial charge in [-0.2, -0.15) is 0 Å². The average molecular weight is 488 g/mol. The summed E-state index contributed by atoms with van der Waals surface area (Å²) in [7, 11) is -3.88. The molecule has 154 valence electrons. The molecule has 0 fully saturated rings. The molecule has 9 heteroatoms. The first-order valence-electron chi connectivity index (χ1n) is 8.80. The van der Waals surface area contributed by atoms with E-state index in [0.29, 0.717) is 11.3 Å². The summed E-state index contributed by atoms with van der Waals surface area (Å²) in [6.45, 7) is 1.90. The lowest BCUT2D eigenvalue weighted by Gasteiger charge is -2.11. The molecular weight excluding hydrogens is 470 g/mol. The largest absolute Gasteiger partial charge is 0.280 e. The highest BCUT2D eigenvalue weighted by Gasteiger charge is 2.17. The molecule has 0 spiro atoms. The Morgan fingerprint density at radius 3 is 2.03 bits per heavy atom. The predicted octanol–water partition coefficient (Wildman–Crippen LogP) is 3.63. The minimum atomic E-state index is -3.88.